The molecule has 3 N–H and O–H groups in total. The van der Waals surface area contributed by atoms with Crippen LogP contribution in [0.5, 0.6) is 0 Å². The summed E-state index contributed by atoms with van der Waals surface area (Å²) in [6, 6.07) is 1.54. The molecule has 3 saturated heterocycles. The molecule has 3 aliphatic rings. The minimum Gasteiger partial charge on any atom is -0.464 e. The quantitative estimate of drug-likeness (QED) is 0.841. The zero-order chi connectivity index (χ0) is 14.3. The summed E-state index contributed by atoms with van der Waals surface area (Å²) >= 11 is 0. The standard InChI is InChI=1S/C13H21N3O3S/c1-9-13(6-11(7-14)19-9)20(17,18)15-12-8-16-4-2-10(12)3-5-16/h6,10,12,15H,2-5,7-8,14H2,1H3. The van der Waals surface area contributed by atoms with Crippen molar-refractivity contribution in [2.75, 3.05) is 19.6 Å². The van der Waals surface area contributed by atoms with Crippen molar-refractivity contribution in [3.8, 4) is 0 Å². The third-order valence-electron chi connectivity index (χ3n) is 4.38. The minimum atomic E-state index is -3.53. The first-order chi connectivity index (χ1) is 9.49. The molecule has 3 fully saturated rings. The number of nitrogens with two attached hydrogens (primary N) is 1. The molecule has 0 amide bonds. The van der Waals surface area contributed by atoms with Gasteiger partial charge in [-0.25, -0.2) is 13.1 Å². The molecule has 4 heterocycles. The number of nitrogens with zero attached hydrogens (tertiary/aromatic N) is 1. The van der Waals surface area contributed by atoms with Crippen LogP contribution in [0.2, 0.25) is 0 Å². The summed E-state index contributed by atoms with van der Waals surface area (Å²) in [6.45, 7) is 4.85. The monoisotopic (exact) mass is 299 g/mol. The van der Waals surface area contributed by atoms with E-state index in [0.29, 0.717) is 17.4 Å². The summed E-state index contributed by atoms with van der Waals surface area (Å²) in [6.07, 6.45) is 2.15. The highest BCUT2D eigenvalue weighted by molar-refractivity contribution is 7.89. The zero-order valence-corrected chi connectivity index (χ0v) is 12.4. The first kappa shape index (κ1) is 14.1. The van der Waals surface area contributed by atoms with Gasteiger partial charge in [0.05, 0.1) is 6.54 Å². The van der Waals surface area contributed by atoms with Crippen molar-refractivity contribution < 1.29 is 12.8 Å². The molecule has 0 radical (unpaired) electrons. The summed E-state index contributed by atoms with van der Waals surface area (Å²) in [5.41, 5.74) is 5.49. The summed E-state index contributed by atoms with van der Waals surface area (Å²) in [5, 5.41) is 0. The Kier molecular flexibility index (Phi) is 3.62. The number of piperidine rings is 3. The molecule has 1 atom stereocenters. The van der Waals surface area contributed by atoms with Gasteiger partial charge in [0.15, 0.2) is 0 Å². The fraction of sp³-hybridized carbons (Fsp3) is 0.692. The predicted octanol–water partition coefficient (Wildman–Crippen LogP) is 0.419. The Morgan fingerprint density at radius 1 is 1.45 bits per heavy atom. The van der Waals surface area contributed by atoms with Crippen LogP contribution in [-0.2, 0) is 16.6 Å². The maximum Gasteiger partial charge on any atom is 0.244 e. The van der Waals surface area contributed by atoms with Gasteiger partial charge in [0.25, 0.3) is 0 Å². The molecule has 20 heavy (non-hydrogen) atoms. The molecule has 0 aliphatic carbocycles. The van der Waals surface area contributed by atoms with Crippen LogP contribution in [-0.4, -0.2) is 39.0 Å². The third-order valence-corrected chi connectivity index (χ3v) is 5.97. The molecular formula is C13H21N3O3S. The van der Waals surface area contributed by atoms with Gasteiger partial charge in [-0.05, 0) is 38.8 Å². The topological polar surface area (TPSA) is 88.6 Å². The number of aryl methyl sites for hydroxylation is 1. The molecule has 0 aromatic carbocycles. The van der Waals surface area contributed by atoms with Crippen molar-refractivity contribution >= 4 is 10.0 Å². The fourth-order valence-corrected chi connectivity index (χ4v) is 4.75. The van der Waals surface area contributed by atoms with Gasteiger partial charge in [-0.15, -0.1) is 0 Å². The van der Waals surface area contributed by atoms with Gasteiger partial charge in [-0.1, -0.05) is 0 Å². The molecule has 0 spiro atoms. The first-order valence-corrected chi connectivity index (χ1v) is 8.52. The van der Waals surface area contributed by atoms with Crippen LogP contribution in [0.1, 0.15) is 24.4 Å². The summed E-state index contributed by atoms with van der Waals surface area (Å²) in [4.78, 5) is 2.54. The lowest BCUT2D eigenvalue weighted by molar-refractivity contribution is 0.0827. The van der Waals surface area contributed by atoms with Gasteiger partial charge in [-0.3, -0.25) is 0 Å². The Labute approximate surface area is 119 Å². The smallest absolute Gasteiger partial charge is 0.244 e. The third kappa shape index (κ3) is 2.50. The van der Waals surface area contributed by atoms with Gasteiger partial charge in [0.1, 0.15) is 16.4 Å². The predicted molar refractivity (Wildman–Crippen MR) is 74.6 cm³/mol. The Hall–Kier alpha value is -0.890. The van der Waals surface area contributed by atoms with Crippen LogP contribution in [0.3, 0.4) is 0 Å². The van der Waals surface area contributed by atoms with E-state index in [1.807, 2.05) is 0 Å². The van der Waals surface area contributed by atoms with Crippen LogP contribution >= 0.6 is 0 Å². The Balaban J connectivity index is 1.80. The Bertz CT molecular complexity index is 588. The van der Waals surface area contributed by atoms with Crippen molar-refractivity contribution in [1.29, 1.82) is 0 Å². The van der Waals surface area contributed by atoms with Crippen LogP contribution in [0.4, 0.5) is 0 Å². The highest BCUT2D eigenvalue weighted by atomic mass is 32.2. The maximum atomic E-state index is 12.5. The van der Waals surface area contributed by atoms with E-state index in [2.05, 4.69) is 9.62 Å². The average molecular weight is 299 g/mol. The number of hydrogen-bond acceptors (Lipinski definition) is 5. The van der Waals surface area contributed by atoms with Crippen molar-refractivity contribution in [3.63, 3.8) is 0 Å². The molecule has 0 saturated carbocycles. The van der Waals surface area contributed by atoms with E-state index in [0.717, 1.165) is 32.5 Å². The molecule has 6 nitrogen and oxygen atoms in total. The SMILES string of the molecule is Cc1oc(CN)cc1S(=O)(=O)NC1CN2CCC1CC2. The van der Waals surface area contributed by atoms with Gasteiger partial charge in [-0.2, -0.15) is 0 Å². The average Bonchev–Trinajstić information content (AvgIpc) is 2.82. The molecule has 1 aromatic rings. The maximum absolute atomic E-state index is 12.5. The van der Waals surface area contributed by atoms with E-state index in [4.69, 9.17) is 10.2 Å². The number of sulfonamides is 1. The first-order valence-electron chi connectivity index (χ1n) is 7.03. The van der Waals surface area contributed by atoms with Gasteiger partial charge in [0, 0.05) is 18.7 Å². The highest BCUT2D eigenvalue weighted by Gasteiger charge is 2.37. The Morgan fingerprint density at radius 2 is 2.15 bits per heavy atom. The Morgan fingerprint density at radius 3 is 2.65 bits per heavy atom. The van der Waals surface area contributed by atoms with Crippen LogP contribution in [0.15, 0.2) is 15.4 Å². The lowest BCUT2D eigenvalue weighted by atomic mass is 9.85. The van der Waals surface area contributed by atoms with Gasteiger partial charge < -0.3 is 15.1 Å². The second-order valence-corrected chi connectivity index (χ2v) is 7.39. The summed E-state index contributed by atoms with van der Waals surface area (Å²) in [7, 11) is -3.53. The summed E-state index contributed by atoms with van der Waals surface area (Å²) < 4.78 is 33.2. The lowest BCUT2D eigenvalue weighted by Gasteiger charge is -2.44. The van der Waals surface area contributed by atoms with E-state index in [9.17, 15) is 8.42 Å². The number of fused-ring (bicyclic) bond motifs is 3. The van der Waals surface area contributed by atoms with Crippen molar-refractivity contribution in [2.45, 2.75) is 37.2 Å². The molecular weight excluding hydrogens is 278 g/mol. The lowest BCUT2D eigenvalue weighted by Crippen LogP contribution is -2.57. The van der Waals surface area contributed by atoms with Crippen molar-refractivity contribution in [2.24, 2.45) is 11.7 Å². The molecule has 1 unspecified atom stereocenters. The van der Waals surface area contributed by atoms with E-state index >= 15 is 0 Å². The second-order valence-electron chi connectivity index (χ2n) is 5.70. The van der Waals surface area contributed by atoms with Crippen LogP contribution in [0.25, 0.3) is 0 Å². The molecule has 2 bridgehead atoms. The zero-order valence-electron chi connectivity index (χ0n) is 11.6. The number of rotatable bonds is 4. The van der Waals surface area contributed by atoms with E-state index in [1.54, 1.807) is 6.92 Å². The molecule has 3 aliphatic heterocycles. The second kappa shape index (κ2) is 5.14. The summed E-state index contributed by atoms with van der Waals surface area (Å²) in [5.74, 6) is 1.35. The van der Waals surface area contributed by atoms with Gasteiger partial charge >= 0.3 is 0 Å². The van der Waals surface area contributed by atoms with Crippen molar-refractivity contribution in [3.05, 3.63) is 17.6 Å². The molecule has 112 valence electrons. The fourth-order valence-electron chi connectivity index (χ4n) is 3.25. The molecule has 4 rings (SSSR count). The highest BCUT2D eigenvalue weighted by Crippen LogP contribution is 2.29. The molecule has 7 heteroatoms. The minimum absolute atomic E-state index is 0.0122. The van der Waals surface area contributed by atoms with Crippen LogP contribution in [0, 0.1) is 12.8 Å². The van der Waals surface area contributed by atoms with E-state index in [1.165, 1.54) is 6.07 Å². The van der Waals surface area contributed by atoms with Crippen molar-refractivity contribution in [1.82, 2.24) is 9.62 Å². The molecule has 1 aromatic heterocycles. The number of nitrogens with one attached hydrogen (secondary N) is 1. The number of hydrogen-bond donors (Lipinski definition) is 2. The van der Waals surface area contributed by atoms with Gasteiger partial charge in [0.2, 0.25) is 10.0 Å². The normalized spacial score (nSPS) is 29.8. The van der Waals surface area contributed by atoms with E-state index < -0.39 is 10.0 Å². The van der Waals surface area contributed by atoms with Crippen LogP contribution < -0.4 is 10.5 Å². The number of furan rings is 1. The largest absolute Gasteiger partial charge is 0.464 e. The van der Waals surface area contributed by atoms with E-state index in [-0.39, 0.29) is 17.5 Å².